The van der Waals surface area contributed by atoms with E-state index in [0.29, 0.717) is 18.2 Å². The van der Waals surface area contributed by atoms with Crippen LogP contribution in [0.25, 0.3) is 10.7 Å². The number of aromatic nitrogens is 4. The second-order valence-electron chi connectivity index (χ2n) is 8.23. The molecule has 0 spiro atoms. The van der Waals surface area contributed by atoms with Gasteiger partial charge >= 0.3 is 0 Å². The molecule has 5 aromatic rings. The second kappa shape index (κ2) is 10.9. The van der Waals surface area contributed by atoms with E-state index in [2.05, 4.69) is 29.1 Å². The molecule has 5 rings (SSSR count). The lowest BCUT2D eigenvalue weighted by Crippen LogP contribution is -2.33. The fourth-order valence-corrected chi connectivity index (χ4v) is 4.89. The first-order valence-corrected chi connectivity index (χ1v) is 12.7. The van der Waals surface area contributed by atoms with Gasteiger partial charge in [-0.05, 0) is 47.9 Å². The summed E-state index contributed by atoms with van der Waals surface area (Å²) in [6, 6.07) is 26.1. The highest BCUT2D eigenvalue weighted by atomic mass is 32.1. The summed E-state index contributed by atoms with van der Waals surface area (Å²) in [5.41, 5.74) is 3.71. The van der Waals surface area contributed by atoms with Gasteiger partial charge in [0.1, 0.15) is 23.7 Å². The Bertz CT molecular complexity index is 1370. The van der Waals surface area contributed by atoms with E-state index in [0.717, 1.165) is 33.1 Å². The number of methoxy groups -OCH3 is 2. The minimum absolute atomic E-state index is 0.203. The average molecular weight is 512 g/mol. The predicted molar refractivity (Wildman–Crippen MR) is 144 cm³/mol. The highest BCUT2D eigenvalue weighted by molar-refractivity contribution is 7.13. The molecule has 0 aliphatic carbocycles. The van der Waals surface area contributed by atoms with E-state index < -0.39 is 5.60 Å². The Morgan fingerprint density at radius 3 is 1.95 bits per heavy atom. The van der Waals surface area contributed by atoms with Crippen molar-refractivity contribution >= 4 is 11.3 Å². The van der Waals surface area contributed by atoms with Crippen LogP contribution in [0.2, 0.25) is 0 Å². The number of hydrogen-bond donors (Lipinski definition) is 0. The van der Waals surface area contributed by atoms with Crippen LogP contribution in [0.1, 0.15) is 22.5 Å². The van der Waals surface area contributed by atoms with Crippen molar-refractivity contribution in [3.63, 3.8) is 0 Å². The fraction of sp³-hybridized carbons (Fsp3) is 0.172. The molecule has 2 aromatic heterocycles. The normalized spacial score (nSPS) is 11.4. The van der Waals surface area contributed by atoms with Crippen LogP contribution in [0.15, 0.2) is 90.6 Å². The molecule has 0 saturated carbocycles. The highest BCUT2D eigenvalue weighted by Gasteiger charge is 2.38. The van der Waals surface area contributed by atoms with Crippen LogP contribution in [0, 0.1) is 6.92 Å². The molecule has 0 bridgehead atoms. The molecule has 0 amide bonds. The minimum atomic E-state index is -0.942. The quantitative estimate of drug-likeness (QED) is 0.222. The summed E-state index contributed by atoms with van der Waals surface area (Å²) in [4.78, 5) is 9.83. The molecule has 2 heterocycles. The molecule has 8 heteroatoms. The molecule has 0 saturated heterocycles. The Morgan fingerprint density at radius 1 is 0.838 bits per heavy atom. The van der Waals surface area contributed by atoms with E-state index >= 15 is 0 Å². The third-order valence-electron chi connectivity index (χ3n) is 6.20. The van der Waals surface area contributed by atoms with E-state index in [4.69, 9.17) is 19.2 Å². The third kappa shape index (κ3) is 4.85. The molecular weight excluding hydrogens is 484 g/mol. The third-order valence-corrected chi connectivity index (χ3v) is 6.97. The molecule has 0 unspecified atom stereocenters. The van der Waals surface area contributed by atoms with E-state index in [-0.39, 0.29) is 6.61 Å². The number of benzene rings is 3. The molecule has 0 aliphatic rings. The zero-order valence-corrected chi connectivity index (χ0v) is 21.5. The molecule has 0 N–H and O–H groups in total. The number of hydrogen-bond acceptors (Lipinski definition) is 7. The van der Waals surface area contributed by atoms with Crippen LogP contribution in [0.3, 0.4) is 0 Å². The van der Waals surface area contributed by atoms with Gasteiger partial charge in [-0.1, -0.05) is 54.6 Å². The fourth-order valence-electron chi connectivity index (χ4n) is 4.34. The predicted octanol–water partition coefficient (Wildman–Crippen LogP) is 5.76. The van der Waals surface area contributed by atoms with Crippen molar-refractivity contribution in [2.24, 2.45) is 0 Å². The van der Waals surface area contributed by atoms with E-state index in [1.165, 1.54) is 11.3 Å². The first-order valence-electron chi connectivity index (χ1n) is 11.8. The SMILES string of the molecule is [CH2]Cn1nc(-c2cncs2)nc1COC(c1ccccc1)(c1ccc(OC)cc1)c1ccc(OC)cc1. The van der Waals surface area contributed by atoms with Crippen LogP contribution in [0.4, 0.5) is 0 Å². The topological polar surface area (TPSA) is 71.3 Å². The number of nitrogens with zero attached hydrogens (tertiary/aromatic N) is 4. The van der Waals surface area contributed by atoms with Crippen LogP contribution < -0.4 is 9.47 Å². The first kappa shape index (κ1) is 24.7. The van der Waals surface area contributed by atoms with Gasteiger partial charge in [0.2, 0.25) is 0 Å². The van der Waals surface area contributed by atoms with Gasteiger partial charge < -0.3 is 14.2 Å². The molecule has 37 heavy (non-hydrogen) atoms. The monoisotopic (exact) mass is 511 g/mol. The maximum atomic E-state index is 6.95. The zero-order valence-electron chi connectivity index (χ0n) is 20.7. The van der Waals surface area contributed by atoms with E-state index in [9.17, 15) is 0 Å². The van der Waals surface area contributed by atoms with Crippen molar-refractivity contribution in [1.29, 1.82) is 0 Å². The summed E-state index contributed by atoms with van der Waals surface area (Å²) in [7, 11) is 3.32. The van der Waals surface area contributed by atoms with Crippen molar-refractivity contribution in [2.45, 2.75) is 18.8 Å². The maximum absolute atomic E-state index is 6.95. The number of rotatable bonds is 10. The van der Waals surface area contributed by atoms with Gasteiger partial charge in [-0.2, -0.15) is 0 Å². The molecule has 3 aromatic carbocycles. The van der Waals surface area contributed by atoms with Gasteiger partial charge in [0.15, 0.2) is 11.6 Å². The molecule has 7 nitrogen and oxygen atoms in total. The van der Waals surface area contributed by atoms with Crippen molar-refractivity contribution in [2.75, 3.05) is 14.2 Å². The van der Waals surface area contributed by atoms with Gasteiger partial charge in [-0.25, -0.2) is 9.67 Å². The minimum Gasteiger partial charge on any atom is -0.497 e. The van der Waals surface area contributed by atoms with Gasteiger partial charge in [-0.3, -0.25) is 4.98 Å². The molecule has 0 fully saturated rings. The largest absolute Gasteiger partial charge is 0.497 e. The summed E-state index contributed by atoms with van der Waals surface area (Å²) >= 11 is 1.50. The van der Waals surface area contributed by atoms with Crippen LogP contribution >= 0.6 is 11.3 Å². The Hall–Kier alpha value is -4.01. The molecular formula is C29H27N4O3S. The lowest BCUT2D eigenvalue weighted by molar-refractivity contribution is -0.00474. The summed E-state index contributed by atoms with van der Waals surface area (Å²) in [6.07, 6.45) is 1.76. The molecule has 0 aliphatic heterocycles. The van der Waals surface area contributed by atoms with Gasteiger partial charge in [0.05, 0.1) is 24.6 Å². The van der Waals surface area contributed by atoms with Gasteiger partial charge in [-0.15, -0.1) is 16.4 Å². The smallest absolute Gasteiger partial charge is 0.193 e. The highest BCUT2D eigenvalue weighted by Crippen LogP contribution is 2.42. The summed E-state index contributed by atoms with van der Waals surface area (Å²) in [5, 5.41) is 4.64. The lowest BCUT2D eigenvalue weighted by atomic mass is 9.80. The maximum Gasteiger partial charge on any atom is 0.193 e. The molecule has 187 valence electrons. The summed E-state index contributed by atoms with van der Waals surface area (Å²) < 4.78 is 19.6. The van der Waals surface area contributed by atoms with E-state index in [1.54, 1.807) is 30.6 Å². The Morgan fingerprint density at radius 2 is 1.43 bits per heavy atom. The summed E-state index contributed by atoms with van der Waals surface area (Å²) in [5.74, 6) is 2.84. The van der Waals surface area contributed by atoms with Crippen LogP contribution in [-0.2, 0) is 23.5 Å². The second-order valence-corrected chi connectivity index (χ2v) is 9.12. The molecule has 1 radical (unpaired) electrons. The lowest BCUT2D eigenvalue weighted by Gasteiger charge is -2.36. The number of ether oxygens (including phenoxy) is 3. The van der Waals surface area contributed by atoms with Crippen molar-refractivity contribution in [1.82, 2.24) is 19.7 Å². The Kier molecular flexibility index (Phi) is 7.30. The Balaban J connectivity index is 1.64. The number of thiazole rings is 1. The van der Waals surface area contributed by atoms with Crippen molar-refractivity contribution in [3.8, 4) is 22.2 Å². The summed E-state index contributed by atoms with van der Waals surface area (Å²) in [6.45, 7) is 4.66. The molecule has 0 atom stereocenters. The average Bonchev–Trinajstić information content (AvgIpc) is 3.65. The van der Waals surface area contributed by atoms with Gasteiger partial charge in [0, 0.05) is 12.7 Å². The van der Waals surface area contributed by atoms with Gasteiger partial charge in [0.25, 0.3) is 0 Å². The van der Waals surface area contributed by atoms with E-state index in [1.807, 2.05) is 66.7 Å². The first-order chi connectivity index (χ1) is 18.2. The Labute approximate surface area is 220 Å². The van der Waals surface area contributed by atoms with Crippen LogP contribution in [0.5, 0.6) is 11.5 Å². The van der Waals surface area contributed by atoms with Crippen LogP contribution in [-0.4, -0.2) is 34.0 Å². The zero-order chi connectivity index (χ0) is 25.7. The van der Waals surface area contributed by atoms with Crippen molar-refractivity contribution < 1.29 is 14.2 Å². The van der Waals surface area contributed by atoms with Crippen molar-refractivity contribution in [3.05, 3.63) is 120 Å². The standard InChI is InChI=1S/C29H27N4O3S/c1-4-33-27(31-28(32-33)26-18-30-20-37-26)19-36-29(21-8-6-5-7-9-21,22-10-14-24(34-2)15-11-22)23-12-16-25(35-3)17-13-23/h5-18,20H,1,4,19H2,2-3H3.